The first-order valence-corrected chi connectivity index (χ1v) is 6.17. The van der Waals surface area contributed by atoms with Crippen LogP contribution in [0.25, 0.3) is 0 Å². The van der Waals surface area contributed by atoms with Crippen LogP contribution >= 0.6 is 0 Å². The third kappa shape index (κ3) is 3.74. The zero-order valence-electron chi connectivity index (χ0n) is 10.6. The summed E-state index contributed by atoms with van der Waals surface area (Å²) in [5, 5.41) is 10.9. The van der Waals surface area contributed by atoms with Crippen LogP contribution in [0.5, 0.6) is 0 Å². The van der Waals surface area contributed by atoms with Crippen molar-refractivity contribution >= 4 is 17.6 Å². The fraction of sp³-hybridized carbons (Fsp3) is 0.385. The molecule has 1 amide bonds. The lowest BCUT2D eigenvalue weighted by Gasteiger charge is -2.19. The number of halogens is 2. The van der Waals surface area contributed by atoms with Crippen LogP contribution in [0.3, 0.4) is 0 Å². The minimum atomic E-state index is -1.04. The van der Waals surface area contributed by atoms with Gasteiger partial charge in [0.2, 0.25) is 5.91 Å². The molecule has 7 heteroatoms. The van der Waals surface area contributed by atoms with Crippen molar-refractivity contribution in [2.45, 2.75) is 18.9 Å². The monoisotopic (exact) mass is 284 g/mol. The number of hydrogen-bond acceptors (Lipinski definition) is 3. The third-order valence-electron chi connectivity index (χ3n) is 2.98. The first kappa shape index (κ1) is 14.4. The third-order valence-corrected chi connectivity index (χ3v) is 2.98. The molecule has 20 heavy (non-hydrogen) atoms. The van der Waals surface area contributed by atoms with Gasteiger partial charge in [-0.15, -0.1) is 0 Å². The Labute approximate surface area is 114 Å². The van der Waals surface area contributed by atoms with Gasteiger partial charge in [0.15, 0.2) is 0 Å². The molecule has 0 bridgehead atoms. The largest absolute Gasteiger partial charge is 0.480 e. The second-order valence-electron chi connectivity index (χ2n) is 4.67. The number of rotatable bonds is 6. The fourth-order valence-electron chi connectivity index (χ4n) is 1.91. The number of anilines is 1. The van der Waals surface area contributed by atoms with Crippen molar-refractivity contribution in [2.24, 2.45) is 0 Å². The van der Waals surface area contributed by atoms with Gasteiger partial charge in [-0.2, -0.15) is 0 Å². The van der Waals surface area contributed by atoms with Gasteiger partial charge in [-0.1, -0.05) is 6.07 Å². The van der Waals surface area contributed by atoms with Crippen LogP contribution in [-0.4, -0.2) is 41.0 Å². The summed E-state index contributed by atoms with van der Waals surface area (Å²) in [6, 6.07) is 3.33. The van der Waals surface area contributed by atoms with Crippen molar-refractivity contribution in [3.05, 3.63) is 29.8 Å². The topological polar surface area (TPSA) is 69.6 Å². The van der Waals surface area contributed by atoms with E-state index >= 15 is 0 Å². The number of nitrogens with one attached hydrogen (secondary N) is 1. The predicted octanol–water partition coefficient (Wildman–Crippen LogP) is 1.45. The van der Waals surface area contributed by atoms with E-state index in [2.05, 4.69) is 5.32 Å². The Hall–Kier alpha value is -2.02. The lowest BCUT2D eigenvalue weighted by atomic mass is 10.3. The lowest BCUT2D eigenvalue weighted by molar-refractivity contribution is -0.138. The van der Waals surface area contributed by atoms with Gasteiger partial charge in [0.1, 0.15) is 17.3 Å². The molecule has 0 radical (unpaired) electrons. The summed E-state index contributed by atoms with van der Waals surface area (Å²) in [5.41, 5.74) is -0.511. The first-order chi connectivity index (χ1) is 9.47. The molecular formula is C13H14F2N2O3. The Morgan fingerprint density at radius 2 is 1.85 bits per heavy atom. The molecular weight excluding hydrogens is 270 g/mol. The molecule has 5 nitrogen and oxygen atoms in total. The first-order valence-electron chi connectivity index (χ1n) is 6.17. The molecule has 0 unspecified atom stereocenters. The number of aliphatic carboxylic acids is 1. The molecule has 2 N–H and O–H groups in total. The Balaban J connectivity index is 1.99. The number of benzene rings is 1. The highest BCUT2D eigenvalue weighted by molar-refractivity contribution is 5.92. The van der Waals surface area contributed by atoms with E-state index in [0.29, 0.717) is 0 Å². The molecule has 0 aliphatic heterocycles. The van der Waals surface area contributed by atoms with Crippen molar-refractivity contribution < 1.29 is 23.5 Å². The van der Waals surface area contributed by atoms with Crippen molar-refractivity contribution in [3.63, 3.8) is 0 Å². The molecule has 1 aliphatic carbocycles. The molecule has 108 valence electrons. The SMILES string of the molecule is O=C(O)CN(CC(=O)Nc1c(F)cccc1F)C1CC1. The Kier molecular flexibility index (Phi) is 4.29. The quantitative estimate of drug-likeness (QED) is 0.829. The van der Waals surface area contributed by atoms with Crippen molar-refractivity contribution in [1.29, 1.82) is 0 Å². The average molecular weight is 284 g/mol. The van der Waals surface area contributed by atoms with Gasteiger partial charge in [0, 0.05) is 6.04 Å². The predicted molar refractivity (Wildman–Crippen MR) is 67.2 cm³/mol. The molecule has 1 fully saturated rings. The summed E-state index contributed by atoms with van der Waals surface area (Å²) in [7, 11) is 0. The van der Waals surface area contributed by atoms with Crippen molar-refractivity contribution in [2.75, 3.05) is 18.4 Å². The standard InChI is InChI=1S/C13H14F2N2O3/c14-9-2-1-3-10(15)13(9)16-11(18)6-17(7-12(19)20)8-4-5-8/h1-3,8H,4-7H2,(H,16,18)(H,19,20). The minimum absolute atomic E-state index is 0.0577. The summed E-state index contributed by atoms with van der Waals surface area (Å²) in [5.74, 6) is -3.41. The van der Waals surface area contributed by atoms with E-state index in [9.17, 15) is 18.4 Å². The van der Waals surface area contributed by atoms with E-state index < -0.39 is 29.2 Å². The zero-order valence-corrected chi connectivity index (χ0v) is 10.6. The summed E-state index contributed by atoms with van der Waals surface area (Å²) in [4.78, 5) is 23.9. The fourth-order valence-corrected chi connectivity index (χ4v) is 1.91. The molecule has 0 aromatic heterocycles. The molecule has 1 aromatic rings. The van der Waals surface area contributed by atoms with Crippen molar-refractivity contribution in [1.82, 2.24) is 4.90 Å². The second-order valence-corrected chi connectivity index (χ2v) is 4.67. The van der Waals surface area contributed by atoms with Crippen LogP contribution < -0.4 is 5.32 Å². The molecule has 2 rings (SSSR count). The minimum Gasteiger partial charge on any atom is -0.480 e. The van der Waals surface area contributed by atoms with Crippen LogP contribution in [-0.2, 0) is 9.59 Å². The number of nitrogens with zero attached hydrogens (tertiary/aromatic N) is 1. The Bertz CT molecular complexity index is 512. The Morgan fingerprint density at radius 1 is 1.25 bits per heavy atom. The maximum absolute atomic E-state index is 13.4. The summed E-state index contributed by atoms with van der Waals surface area (Å²) >= 11 is 0. The summed E-state index contributed by atoms with van der Waals surface area (Å²) in [6.07, 6.45) is 1.66. The highest BCUT2D eigenvalue weighted by Gasteiger charge is 2.31. The molecule has 0 atom stereocenters. The lowest BCUT2D eigenvalue weighted by Crippen LogP contribution is -2.38. The molecule has 1 aliphatic rings. The van der Waals surface area contributed by atoms with Gasteiger partial charge >= 0.3 is 5.97 Å². The number of carbonyl (C=O) groups is 2. The average Bonchev–Trinajstić information content (AvgIpc) is 3.17. The van der Waals surface area contributed by atoms with Crippen LogP contribution in [0.15, 0.2) is 18.2 Å². The number of carboxylic acid groups (broad SMARTS) is 1. The highest BCUT2D eigenvalue weighted by Crippen LogP contribution is 2.26. The second kappa shape index (κ2) is 5.96. The molecule has 0 spiro atoms. The molecule has 0 heterocycles. The van der Waals surface area contributed by atoms with Crippen LogP contribution in [0.2, 0.25) is 0 Å². The Morgan fingerprint density at radius 3 is 2.35 bits per heavy atom. The van der Waals surface area contributed by atoms with E-state index in [1.54, 1.807) is 0 Å². The van der Waals surface area contributed by atoms with Gasteiger partial charge < -0.3 is 10.4 Å². The van der Waals surface area contributed by atoms with Gasteiger partial charge in [-0.3, -0.25) is 14.5 Å². The summed E-state index contributed by atoms with van der Waals surface area (Å²) in [6.45, 7) is -0.470. The van der Waals surface area contributed by atoms with Gasteiger partial charge in [-0.05, 0) is 25.0 Å². The normalized spacial score (nSPS) is 14.3. The number of para-hydroxylation sites is 1. The molecule has 1 saturated carbocycles. The maximum atomic E-state index is 13.4. The smallest absolute Gasteiger partial charge is 0.317 e. The van der Waals surface area contributed by atoms with Crippen molar-refractivity contribution in [3.8, 4) is 0 Å². The van der Waals surface area contributed by atoms with E-state index in [1.807, 2.05) is 0 Å². The van der Waals surface area contributed by atoms with E-state index in [-0.39, 0.29) is 19.1 Å². The number of hydrogen-bond donors (Lipinski definition) is 2. The van der Waals surface area contributed by atoms with Crippen LogP contribution in [0.4, 0.5) is 14.5 Å². The van der Waals surface area contributed by atoms with E-state index in [4.69, 9.17) is 5.11 Å². The number of carboxylic acids is 1. The van der Waals surface area contributed by atoms with Gasteiger partial charge in [0.05, 0.1) is 13.1 Å². The highest BCUT2D eigenvalue weighted by atomic mass is 19.1. The van der Waals surface area contributed by atoms with E-state index in [1.165, 1.54) is 11.0 Å². The number of amides is 1. The molecule has 0 saturated heterocycles. The van der Waals surface area contributed by atoms with Gasteiger partial charge in [0.25, 0.3) is 0 Å². The van der Waals surface area contributed by atoms with Gasteiger partial charge in [-0.25, -0.2) is 8.78 Å². The maximum Gasteiger partial charge on any atom is 0.317 e. The van der Waals surface area contributed by atoms with Crippen LogP contribution in [0.1, 0.15) is 12.8 Å². The zero-order chi connectivity index (χ0) is 14.7. The summed E-state index contributed by atoms with van der Waals surface area (Å²) < 4.78 is 26.7. The molecule has 1 aromatic carbocycles. The number of carbonyl (C=O) groups excluding carboxylic acids is 1. The van der Waals surface area contributed by atoms with E-state index in [0.717, 1.165) is 25.0 Å². The van der Waals surface area contributed by atoms with Crippen LogP contribution in [0, 0.1) is 11.6 Å².